The van der Waals surface area contributed by atoms with E-state index in [0.717, 1.165) is 16.7 Å². The van der Waals surface area contributed by atoms with Crippen molar-refractivity contribution >= 4 is 34.8 Å². The van der Waals surface area contributed by atoms with Crippen molar-refractivity contribution in [3.8, 4) is 34.5 Å². The SMILES string of the molecule is COc1c2cc([N+](=O)[O-])cc1Cc1cc(C(C)(C)C)cc3c1OCCNC(=O)CN1CC(=O)NCCOc4c(cc(C(C)(C)C)cc4Cc4cc([N+](=O)[O-])cc(c4OC)Cc4cc(C(C)(C)C)cc(c4OCCNC(=O)[C@@H]1CCCCN=[N+]=[N-])Cc1cc([N+](=O)[O-])cc(c1OC)C3)C2. The smallest absolute Gasteiger partial charge is 0.270 e. The highest BCUT2D eigenvalue weighted by molar-refractivity contribution is 5.86. The molecule has 25 nitrogen and oxygen atoms in total. The lowest BCUT2D eigenvalue weighted by Crippen LogP contribution is -2.54. The number of azide groups is 1. The highest BCUT2D eigenvalue weighted by atomic mass is 16.6. The van der Waals surface area contributed by atoms with Gasteiger partial charge in [0, 0.05) is 120 Å². The summed E-state index contributed by atoms with van der Waals surface area (Å²) in [6.07, 6.45) is 0.749. The lowest BCUT2D eigenvalue weighted by atomic mass is 9.81. The van der Waals surface area contributed by atoms with Gasteiger partial charge in [0.25, 0.3) is 17.1 Å². The van der Waals surface area contributed by atoms with E-state index < -0.39 is 67.9 Å². The van der Waals surface area contributed by atoms with Crippen molar-refractivity contribution in [1.29, 1.82) is 0 Å². The fourth-order valence-corrected chi connectivity index (χ4v) is 13.2. The minimum absolute atomic E-state index is 0.0183. The van der Waals surface area contributed by atoms with E-state index in [4.69, 9.17) is 34.0 Å². The molecule has 0 unspecified atom stereocenters. The number of nitro benzene ring substituents is 3. The number of fused-ring (bicyclic) bond motifs is 21. The first-order valence-electron chi connectivity index (χ1n) is 32.9. The van der Waals surface area contributed by atoms with Gasteiger partial charge in [0.2, 0.25) is 17.7 Å². The zero-order chi connectivity index (χ0) is 71.0. The summed E-state index contributed by atoms with van der Waals surface area (Å²) in [5.74, 6) is 0.258. The molecule has 9 rings (SSSR count). The Labute approximate surface area is 570 Å². The summed E-state index contributed by atoms with van der Waals surface area (Å²) in [6.45, 7) is 16.9. The molecule has 3 amide bonds. The van der Waals surface area contributed by atoms with Gasteiger partial charge in [-0.1, -0.05) is 110 Å². The van der Waals surface area contributed by atoms with Crippen molar-refractivity contribution < 1.29 is 57.6 Å². The Kier molecular flexibility index (Phi) is 22.6. The van der Waals surface area contributed by atoms with Crippen molar-refractivity contribution in [2.45, 2.75) is 142 Å². The summed E-state index contributed by atoms with van der Waals surface area (Å²) >= 11 is 0. The van der Waals surface area contributed by atoms with Crippen molar-refractivity contribution in [2.24, 2.45) is 5.11 Å². The molecule has 98 heavy (non-hydrogen) atoms. The number of non-ortho nitro benzene ring substituents is 3. The number of carbonyl (C=O) groups excluding carboxylic acids is 3. The number of nitro groups is 3. The molecule has 0 fully saturated rings. The standard InChI is InChI=1S/C73H88N10O15/c1-71(2,3)55-29-43-23-49-35-58(81(87)88)36-50(64(49)93-10)24-44-30-56(72(4,5)6)32-46-26-52-38-60(83(91)92)40-54(66(52)95-12)28-48-34-57(73(7,8)9)33-47-27-53-39-59(82(89)90)37-51(65(53)94-11)25-45(31-55)67(43)96-20-17-75-62(84)41-80(42-63(85)76-18-21-97-68(44)46)61(15-13-14-16-78-79-74)70(86)77-19-22-98-69(47)48/h29-40,61H,13-28,41-42H2,1-12H3,(H,75,84)(H,76,85)(H,77,86)/t61-/m0/s1. The van der Waals surface area contributed by atoms with Gasteiger partial charge in [0.1, 0.15) is 54.3 Å². The van der Waals surface area contributed by atoms with Gasteiger partial charge in [0.05, 0.1) is 74.9 Å². The molecule has 0 saturated carbocycles. The minimum atomic E-state index is -1.10. The van der Waals surface area contributed by atoms with E-state index in [1.165, 1.54) is 62.6 Å². The molecule has 3 aliphatic rings. The first kappa shape index (κ1) is 72.3. The summed E-state index contributed by atoms with van der Waals surface area (Å²) < 4.78 is 40.0. The van der Waals surface area contributed by atoms with Gasteiger partial charge in [-0.3, -0.25) is 49.6 Å². The van der Waals surface area contributed by atoms with Gasteiger partial charge < -0.3 is 44.4 Å². The molecule has 25 heteroatoms. The molecule has 520 valence electrons. The first-order valence-corrected chi connectivity index (χ1v) is 32.9. The van der Waals surface area contributed by atoms with Crippen LogP contribution in [-0.4, -0.2) is 124 Å². The van der Waals surface area contributed by atoms with Gasteiger partial charge in [-0.2, -0.15) is 0 Å². The van der Waals surface area contributed by atoms with Gasteiger partial charge in [0.15, 0.2) is 0 Å². The Hall–Kier alpha value is -10.0. The van der Waals surface area contributed by atoms with E-state index in [9.17, 15) is 44.7 Å². The number of hydrogen-bond donors (Lipinski definition) is 3. The minimum Gasteiger partial charge on any atom is -0.496 e. The summed E-state index contributed by atoms with van der Waals surface area (Å²) in [5, 5.41) is 52.6. The molecule has 0 spiro atoms. The number of rotatable bonds is 11. The Morgan fingerprint density at radius 1 is 0.480 bits per heavy atom. The van der Waals surface area contributed by atoms with E-state index in [-0.39, 0.29) is 108 Å². The van der Waals surface area contributed by atoms with Gasteiger partial charge in [-0.15, -0.1) is 0 Å². The fraction of sp³-hybridized carbons (Fsp3) is 0.466. The van der Waals surface area contributed by atoms with E-state index in [1.807, 2.05) is 98.7 Å². The van der Waals surface area contributed by atoms with Crippen LogP contribution in [0.1, 0.15) is 165 Å². The lowest BCUT2D eigenvalue weighted by Gasteiger charge is -2.30. The number of nitrogens with zero attached hydrogens (tertiary/aromatic N) is 7. The molecule has 6 aromatic carbocycles. The Balaban J connectivity index is 1.45. The van der Waals surface area contributed by atoms with Crippen LogP contribution in [0.5, 0.6) is 34.5 Å². The quantitative estimate of drug-likeness (QED) is 0.0270. The molecule has 3 N–H and O–H groups in total. The van der Waals surface area contributed by atoms with Crippen LogP contribution in [-0.2, 0) is 69.2 Å². The van der Waals surface area contributed by atoms with E-state index in [1.54, 1.807) is 0 Å². The van der Waals surface area contributed by atoms with Crippen molar-refractivity contribution in [1.82, 2.24) is 20.9 Å². The highest BCUT2D eigenvalue weighted by Gasteiger charge is 2.33. The van der Waals surface area contributed by atoms with Crippen LogP contribution in [0.15, 0.2) is 77.9 Å². The first-order chi connectivity index (χ1) is 46.5. The number of benzene rings is 6. The van der Waals surface area contributed by atoms with Crippen LogP contribution in [0.4, 0.5) is 17.1 Å². The zero-order valence-electron chi connectivity index (χ0n) is 58.0. The van der Waals surface area contributed by atoms with Crippen LogP contribution in [0.2, 0.25) is 0 Å². The Morgan fingerprint density at radius 2 is 0.765 bits per heavy atom. The average molecular weight is 1350 g/mol. The molecule has 10 bridgehead atoms. The second kappa shape index (κ2) is 30.6. The largest absolute Gasteiger partial charge is 0.496 e. The van der Waals surface area contributed by atoms with Crippen LogP contribution in [0, 0.1) is 30.3 Å². The predicted octanol–water partition coefficient (Wildman–Crippen LogP) is 11.9. The van der Waals surface area contributed by atoms with Crippen molar-refractivity contribution in [3.63, 3.8) is 0 Å². The topological polar surface area (TPSA) is 324 Å². The summed E-state index contributed by atoms with van der Waals surface area (Å²) in [5.41, 5.74) is 15.0. The van der Waals surface area contributed by atoms with Crippen molar-refractivity contribution in [3.05, 3.63) is 197 Å². The fourth-order valence-electron chi connectivity index (χ4n) is 13.2. The van der Waals surface area contributed by atoms with Gasteiger partial charge in [-0.05, 0) is 84.7 Å². The molecule has 3 aliphatic heterocycles. The maximum atomic E-state index is 15.0. The molecule has 3 heterocycles. The van der Waals surface area contributed by atoms with Crippen LogP contribution >= 0.6 is 0 Å². The molecule has 0 aliphatic carbocycles. The molecule has 1 atom stereocenters. The second-order valence-electron chi connectivity index (χ2n) is 28.3. The number of methoxy groups -OCH3 is 3. The highest BCUT2D eigenvalue weighted by Crippen LogP contribution is 2.46. The monoisotopic (exact) mass is 1340 g/mol. The zero-order valence-corrected chi connectivity index (χ0v) is 58.0. The van der Waals surface area contributed by atoms with Crippen molar-refractivity contribution in [2.75, 3.05) is 80.4 Å². The van der Waals surface area contributed by atoms with E-state index in [0.29, 0.717) is 114 Å². The normalized spacial score (nSPS) is 16.6. The maximum absolute atomic E-state index is 15.0. The van der Waals surface area contributed by atoms with E-state index >= 15 is 0 Å². The Bertz CT molecular complexity index is 3860. The average Bonchev–Trinajstić information content (AvgIpc) is 0.777. The van der Waals surface area contributed by atoms with Gasteiger partial charge in [-0.25, -0.2) is 0 Å². The Morgan fingerprint density at radius 3 is 1.02 bits per heavy atom. The number of unbranched alkanes of at least 4 members (excludes halogenated alkanes) is 1. The molecule has 6 aromatic rings. The number of amides is 3. The summed E-state index contributed by atoms with van der Waals surface area (Å²) in [6, 6.07) is 19.5. The summed E-state index contributed by atoms with van der Waals surface area (Å²) in [7, 11) is 4.46. The van der Waals surface area contributed by atoms with Crippen LogP contribution in [0.25, 0.3) is 10.4 Å². The van der Waals surface area contributed by atoms with Crippen LogP contribution < -0.4 is 44.4 Å². The lowest BCUT2D eigenvalue weighted by molar-refractivity contribution is -0.385. The van der Waals surface area contributed by atoms with Crippen LogP contribution in [0.3, 0.4) is 0 Å². The van der Waals surface area contributed by atoms with Gasteiger partial charge >= 0.3 is 0 Å². The molecule has 0 saturated heterocycles. The predicted molar refractivity (Wildman–Crippen MR) is 370 cm³/mol. The maximum Gasteiger partial charge on any atom is 0.270 e. The number of ether oxygens (including phenoxy) is 6. The number of nitrogens with one attached hydrogen (secondary N) is 3. The third kappa shape index (κ3) is 17.2. The third-order valence-electron chi connectivity index (χ3n) is 18.0. The molecular weight excluding hydrogens is 1260 g/mol. The molecular formula is C73H88N10O15. The summed E-state index contributed by atoms with van der Waals surface area (Å²) in [4.78, 5) is 87.0. The third-order valence-corrected chi connectivity index (χ3v) is 18.0. The molecule has 0 radical (unpaired) electrons. The second-order valence-corrected chi connectivity index (χ2v) is 28.3. The number of hydrogen-bond acceptors (Lipinski definition) is 17. The molecule has 0 aromatic heterocycles. The van der Waals surface area contributed by atoms with E-state index in [2.05, 4.69) is 26.0 Å². The number of carbonyl (C=O) groups is 3.